The molecule has 0 rings (SSSR count). The molecule has 0 radical (unpaired) electrons. The molecule has 0 saturated carbocycles. The molecule has 0 aliphatic heterocycles. The van der Waals surface area contributed by atoms with Crippen LogP contribution in [0.25, 0.3) is 0 Å². The molecule has 0 aromatic carbocycles. The maximum Gasteiger partial charge on any atom is 2.00 e. The van der Waals surface area contributed by atoms with Gasteiger partial charge in [-0.15, -0.1) is 0 Å². The van der Waals surface area contributed by atoms with Crippen LogP contribution in [-0.2, 0) is 21.1 Å². The van der Waals surface area contributed by atoms with Crippen molar-refractivity contribution < 1.29 is 21.1 Å². The van der Waals surface area contributed by atoms with Gasteiger partial charge in [0.1, 0.15) is 0 Å². The summed E-state index contributed by atoms with van der Waals surface area (Å²) < 4.78 is 0. The molecule has 0 atom stereocenters. The number of rotatable bonds is 0. The van der Waals surface area contributed by atoms with Gasteiger partial charge in [-0.25, -0.2) is 0 Å². The van der Waals surface area contributed by atoms with Gasteiger partial charge in [0.25, 0.3) is 0 Å². The Labute approximate surface area is 42.2 Å². The van der Waals surface area contributed by atoms with E-state index in [2.05, 4.69) is 13.2 Å². The second kappa shape index (κ2) is 110. The molecule has 0 saturated heterocycles. The quantitative estimate of drug-likeness (QED) is 0.552. The minimum atomic E-state index is 0. The van der Waals surface area contributed by atoms with E-state index in [1.165, 1.54) is 0 Å². The zero-order valence-electron chi connectivity index (χ0n) is 2.60. The minimum Gasteiger partial charge on any atom is -0.521 e. The van der Waals surface area contributed by atoms with Crippen LogP contribution in [0.1, 0.15) is 0 Å². The second-order valence-corrected chi connectivity index (χ2v) is 0. The zero-order chi connectivity index (χ0) is 2.00. The smallest absolute Gasteiger partial charge is 0.521 e. The fraction of sp³-hybridized carbons (Fsp3) is 0. The largest absolute Gasteiger partial charge is 2.00 e. The second-order valence-electron chi connectivity index (χ2n) is 0. The van der Waals surface area contributed by atoms with E-state index in [9.17, 15) is 0 Å². The fourth-order valence-corrected chi connectivity index (χ4v) is 0. The molecule has 0 heterocycles. The number of hydrogen-bond donors (Lipinski definition) is 0. The van der Waals surface area contributed by atoms with Gasteiger partial charge in [0.15, 0.2) is 0 Å². The van der Waals surface area contributed by atoms with Crippen molar-refractivity contribution in [3.8, 4) is 0 Å². The zero-order valence-corrected chi connectivity index (χ0v) is 4.87. The van der Waals surface area contributed by atoms with Crippen molar-refractivity contribution in [3.05, 3.63) is 20.6 Å². The molecule has 0 aromatic rings. The first-order valence-electron chi connectivity index (χ1n) is 0.408. The predicted octanol–water partition coefficient (Wildman–Crippen LogP) is 1.05. The van der Waals surface area contributed by atoms with Gasteiger partial charge in [-0.2, -0.15) is 0 Å². The van der Waals surface area contributed by atoms with Crippen LogP contribution in [0.4, 0.5) is 0 Å². The Kier molecular flexibility index (Phi) is 703. The Morgan fingerprint density at radius 3 is 1.25 bits per heavy atom. The molecule has 0 nitrogen and oxygen atoms in total. The molecular formula is C3H6Pt. The van der Waals surface area contributed by atoms with Crippen LogP contribution >= 0.6 is 0 Å². The van der Waals surface area contributed by atoms with E-state index < -0.39 is 0 Å². The Balaban J connectivity index is -0.00000000500. The first kappa shape index (κ1) is 25.5. The Bertz CT molecular complexity index is 3.25. The van der Waals surface area contributed by atoms with E-state index in [1.54, 1.807) is 0 Å². The molecule has 0 bridgehead atoms. The molecular weight excluding hydrogens is 231 g/mol. The van der Waals surface area contributed by atoms with E-state index in [0.29, 0.717) is 0 Å². The SMILES string of the molecule is [CH-]=C.[CH3-].[Pt+2]. The summed E-state index contributed by atoms with van der Waals surface area (Å²) in [5.74, 6) is 0. The first-order chi connectivity index (χ1) is 1.00. The van der Waals surface area contributed by atoms with Crippen molar-refractivity contribution >= 4 is 0 Å². The first-order valence-corrected chi connectivity index (χ1v) is 0.408. The van der Waals surface area contributed by atoms with Crippen molar-refractivity contribution in [3.63, 3.8) is 0 Å². The Morgan fingerprint density at radius 2 is 1.25 bits per heavy atom. The monoisotopic (exact) mass is 237 g/mol. The molecule has 0 aliphatic rings. The van der Waals surface area contributed by atoms with Gasteiger partial charge in [0.2, 0.25) is 0 Å². The fourth-order valence-electron chi connectivity index (χ4n) is 0. The van der Waals surface area contributed by atoms with Crippen LogP contribution in [0.15, 0.2) is 6.58 Å². The van der Waals surface area contributed by atoms with E-state index >= 15 is 0 Å². The van der Waals surface area contributed by atoms with Gasteiger partial charge >= 0.3 is 21.1 Å². The third-order valence-electron chi connectivity index (χ3n) is 0. The molecule has 0 spiro atoms. The van der Waals surface area contributed by atoms with Crippen LogP contribution in [0.2, 0.25) is 0 Å². The normalized spacial score (nSPS) is 1.00. The van der Waals surface area contributed by atoms with Crippen molar-refractivity contribution in [2.24, 2.45) is 0 Å². The predicted molar refractivity (Wildman–Crippen MR) is 16.3 cm³/mol. The Hall–Kier alpha value is 0.428. The molecule has 0 aromatic heterocycles. The molecule has 0 fully saturated rings. The molecule has 0 unspecified atom stereocenters. The standard InChI is InChI=1S/C2H3.CH3.Pt/c1-2;;/h1H,2H2;1H3;/q2*-1;+2. The summed E-state index contributed by atoms with van der Waals surface area (Å²) in [5, 5.41) is 0. The maximum atomic E-state index is 4.25. The van der Waals surface area contributed by atoms with Crippen LogP contribution < -0.4 is 0 Å². The van der Waals surface area contributed by atoms with Crippen molar-refractivity contribution in [2.45, 2.75) is 0 Å². The summed E-state index contributed by atoms with van der Waals surface area (Å²) in [6.07, 6.45) is 0. The van der Waals surface area contributed by atoms with Gasteiger partial charge in [0.05, 0.1) is 0 Å². The summed E-state index contributed by atoms with van der Waals surface area (Å²) in [7, 11) is 0. The average molecular weight is 237 g/mol. The molecule has 1 heteroatoms. The van der Waals surface area contributed by atoms with Crippen LogP contribution in [0, 0.1) is 14.0 Å². The molecule has 0 aliphatic carbocycles. The summed E-state index contributed by atoms with van der Waals surface area (Å²) >= 11 is 0. The number of hydrogen-bond acceptors (Lipinski definition) is 0. The third-order valence-corrected chi connectivity index (χ3v) is 0. The van der Waals surface area contributed by atoms with Gasteiger partial charge in [0, 0.05) is 0 Å². The molecule has 0 amide bonds. The third kappa shape index (κ3) is 27.0. The van der Waals surface area contributed by atoms with Gasteiger partial charge < -0.3 is 14.0 Å². The van der Waals surface area contributed by atoms with Crippen molar-refractivity contribution in [1.82, 2.24) is 0 Å². The van der Waals surface area contributed by atoms with E-state index in [0.717, 1.165) is 0 Å². The summed E-state index contributed by atoms with van der Waals surface area (Å²) in [5.41, 5.74) is 0. The summed E-state index contributed by atoms with van der Waals surface area (Å²) in [4.78, 5) is 0. The average Bonchev–Trinajstić information content (AvgIpc) is 1.00. The van der Waals surface area contributed by atoms with Crippen molar-refractivity contribution in [1.29, 1.82) is 0 Å². The molecule has 28 valence electrons. The maximum absolute atomic E-state index is 4.25. The summed E-state index contributed by atoms with van der Waals surface area (Å²) in [6, 6.07) is 0. The summed E-state index contributed by atoms with van der Waals surface area (Å²) in [6.45, 7) is 7.00. The van der Waals surface area contributed by atoms with E-state index in [1.807, 2.05) is 0 Å². The topological polar surface area (TPSA) is 0 Å². The van der Waals surface area contributed by atoms with E-state index in [4.69, 9.17) is 0 Å². The van der Waals surface area contributed by atoms with Gasteiger partial charge in [-0.3, -0.25) is 6.58 Å². The van der Waals surface area contributed by atoms with Crippen LogP contribution in [0.3, 0.4) is 0 Å². The Morgan fingerprint density at radius 1 is 1.25 bits per heavy atom. The van der Waals surface area contributed by atoms with Crippen LogP contribution in [0.5, 0.6) is 0 Å². The van der Waals surface area contributed by atoms with E-state index in [-0.39, 0.29) is 28.5 Å². The van der Waals surface area contributed by atoms with Crippen molar-refractivity contribution in [2.75, 3.05) is 0 Å². The van der Waals surface area contributed by atoms with Gasteiger partial charge in [-0.05, 0) is 0 Å². The minimum absolute atomic E-state index is 0. The molecule has 4 heavy (non-hydrogen) atoms. The van der Waals surface area contributed by atoms with Gasteiger partial charge in [-0.1, -0.05) is 0 Å². The van der Waals surface area contributed by atoms with Crippen LogP contribution in [-0.4, -0.2) is 0 Å². The molecule has 0 N–H and O–H groups in total.